The Kier molecular flexibility index (Phi) is 5.08. The maximum Gasteiger partial charge on any atom is 0.0251 e. The summed E-state index contributed by atoms with van der Waals surface area (Å²) in [6, 6.07) is 1.53. The zero-order chi connectivity index (χ0) is 13.1. The van der Waals surface area contributed by atoms with E-state index in [0.717, 1.165) is 29.8 Å². The molecule has 2 heteroatoms. The standard InChI is InChI=1S/C16H32N2/c1-12(2)14-5-6-15(17-4)16(11-14)18-9-7-13(3)8-10-18/h12-17H,5-11H2,1-4H3. The minimum Gasteiger partial charge on any atom is -0.315 e. The molecule has 0 bridgehead atoms. The number of likely N-dealkylation sites (N-methyl/N-ethyl adjacent to an activating group) is 1. The summed E-state index contributed by atoms with van der Waals surface area (Å²) in [6.45, 7) is 9.87. The molecule has 1 saturated heterocycles. The second-order valence-corrected chi connectivity index (χ2v) is 7.00. The monoisotopic (exact) mass is 252 g/mol. The Morgan fingerprint density at radius 1 is 1.06 bits per heavy atom. The summed E-state index contributed by atoms with van der Waals surface area (Å²) in [5.41, 5.74) is 0. The zero-order valence-electron chi connectivity index (χ0n) is 12.8. The Morgan fingerprint density at radius 2 is 1.72 bits per heavy atom. The van der Waals surface area contributed by atoms with Crippen molar-refractivity contribution < 1.29 is 0 Å². The van der Waals surface area contributed by atoms with Gasteiger partial charge < -0.3 is 5.32 Å². The lowest BCUT2D eigenvalue weighted by molar-refractivity contribution is 0.0600. The van der Waals surface area contributed by atoms with E-state index in [-0.39, 0.29) is 0 Å². The first-order chi connectivity index (χ1) is 8.61. The minimum absolute atomic E-state index is 0.730. The van der Waals surface area contributed by atoms with Gasteiger partial charge in [-0.3, -0.25) is 4.90 Å². The summed E-state index contributed by atoms with van der Waals surface area (Å²) < 4.78 is 0. The van der Waals surface area contributed by atoms with Crippen LogP contribution in [-0.2, 0) is 0 Å². The second kappa shape index (κ2) is 6.38. The molecule has 18 heavy (non-hydrogen) atoms. The van der Waals surface area contributed by atoms with Gasteiger partial charge in [0.1, 0.15) is 0 Å². The van der Waals surface area contributed by atoms with Crippen LogP contribution in [0.4, 0.5) is 0 Å². The van der Waals surface area contributed by atoms with E-state index >= 15 is 0 Å². The van der Waals surface area contributed by atoms with Crippen molar-refractivity contribution in [3.63, 3.8) is 0 Å². The van der Waals surface area contributed by atoms with E-state index in [1.54, 1.807) is 0 Å². The molecule has 1 N–H and O–H groups in total. The summed E-state index contributed by atoms with van der Waals surface area (Å²) in [5, 5.41) is 3.58. The number of hydrogen-bond acceptors (Lipinski definition) is 2. The molecule has 2 rings (SSSR count). The quantitative estimate of drug-likeness (QED) is 0.830. The van der Waals surface area contributed by atoms with Crippen LogP contribution in [0.15, 0.2) is 0 Å². The summed E-state index contributed by atoms with van der Waals surface area (Å²) >= 11 is 0. The SMILES string of the molecule is CNC1CCC(C(C)C)CC1N1CCC(C)CC1. The highest BCUT2D eigenvalue weighted by Crippen LogP contribution is 2.34. The van der Waals surface area contributed by atoms with Crippen molar-refractivity contribution in [2.24, 2.45) is 17.8 Å². The Morgan fingerprint density at radius 3 is 2.28 bits per heavy atom. The van der Waals surface area contributed by atoms with Gasteiger partial charge in [-0.2, -0.15) is 0 Å². The topological polar surface area (TPSA) is 15.3 Å². The van der Waals surface area contributed by atoms with Gasteiger partial charge in [0, 0.05) is 12.1 Å². The van der Waals surface area contributed by atoms with Gasteiger partial charge in [0.2, 0.25) is 0 Å². The predicted octanol–water partition coefficient (Wildman–Crippen LogP) is 3.13. The number of rotatable bonds is 3. The Balaban J connectivity index is 1.97. The third-order valence-corrected chi connectivity index (χ3v) is 5.46. The van der Waals surface area contributed by atoms with E-state index < -0.39 is 0 Å². The number of nitrogens with zero attached hydrogens (tertiary/aromatic N) is 1. The highest BCUT2D eigenvalue weighted by atomic mass is 15.2. The fourth-order valence-electron chi connectivity index (χ4n) is 3.88. The normalized spacial score (nSPS) is 36.2. The van der Waals surface area contributed by atoms with Crippen LogP contribution in [0.25, 0.3) is 0 Å². The molecule has 2 nitrogen and oxygen atoms in total. The Hall–Kier alpha value is -0.0800. The van der Waals surface area contributed by atoms with Gasteiger partial charge in [0.25, 0.3) is 0 Å². The molecular weight excluding hydrogens is 220 g/mol. The molecule has 1 aliphatic carbocycles. The van der Waals surface area contributed by atoms with Gasteiger partial charge in [0.05, 0.1) is 0 Å². The van der Waals surface area contributed by atoms with Crippen LogP contribution in [0.3, 0.4) is 0 Å². The molecular formula is C16H32N2. The van der Waals surface area contributed by atoms with E-state index in [0.29, 0.717) is 0 Å². The molecule has 1 saturated carbocycles. The average Bonchev–Trinajstić information content (AvgIpc) is 2.39. The van der Waals surface area contributed by atoms with Gasteiger partial charge in [-0.05, 0) is 70.0 Å². The third kappa shape index (κ3) is 3.27. The average molecular weight is 252 g/mol. The van der Waals surface area contributed by atoms with Gasteiger partial charge in [-0.25, -0.2) is 0 Å². The molecule has 1 aliphatic heterocycles. The second-order valence-electron chi connectivity index (χ2n) is 7.00. The van der Waals surface area contributed by atoms with Crippen molar-refractivity contribution >= 4 is 0 Å². The number of likely N-dealkylation sites (tertiary alicyclic amines) is 1. The van der Waals surface area contributed by atoms with Crippen LogP contribution in [0.2, 0.25) is 0 Å². The maximum absolute atomic E-state index is 3.58. The molecule has 106 valence electrons. The lowest BCUT2D eigenvalue weighted by atomic mass is 9.76. The van der Waals surface area contributed by atoms with Gasteiger partial charge >= 0.3 is 0 Å². The molecule has 3 unspecified atom stereocenters. The van der Waals surface area contributed by atoms with Crippen LogP contribution in [0.1, 0.15) is 52.9 Å². The van der Waals surface area contributed by atoms with Gasteiger partial charge in [-0.15, -0.1) is 0 Å². The molecule has 0 radical (unpaired) electrons. The summed E-state index contributed by atoms with van der Waals surface area (Å²) in [7, 11) is 2.15. The van der Waals surface area contributed by atoms with Crippen LogP contribution in [0, 0.1) is 17.8 Å². The molecule has 0 spiro atoms. The first-order valence-electron chi connectivity index (χ1n) is 8.03. The van der Waals surface area contributed by atoms with Crippen molar-refractivity contribution in [2.45, 2.75) is 65.0 Å². The fourth-order valence-corrected chi connectivity index (χ4v) is 3.88. The smallest absolute Gasteiger partial charge is 0.0251 e. The molecule has 0 aromatic rings. The lowest BCUT2D eigenvalue weighted by Crippen LogP contribution is -2.54. The van der Waals surface area contributed by atoms with E-state index in [1.807, 2.05) is 0 Å². The Labute approximate surface area is 114 Å². The van der Waals surface area contributed by atoms with E-state index in [2.05, 4.69) is 38.0 Å². The number of piperidine rings is 1. The van der Waals surface area contributed by atoms with Crippen molar-refractivity contribution in [3.05, 3.63) is 0 Å². The van der Waals surface area contributed by atoms with Crippen molar-refractivity contribution in [3.8, 4) is 0 Å². The fraction of sp³-hybridized carbons (Fsp3) is 1.00. The van der Waals surface area contributed by atoms with E-state index in [1.165, 1.54) is 45.2 Å². The first-order valence-corrected chi connectivity index (χ1v) is 8.03. The van der Waals surface area contributed by atoms with Crippen LogP contribution in [-0.4, -0.2) is 37.1 Å². The predicted molar refractivity (Wildman–Crippen MR) is 78.8 cm³/mol. The van der Waals surface area contributed by atoms with Crippen molar-refractivity contribution in [2.75, 3.05) is 20.1 Å². The molecule has 2 aliphatic rings. The van der Waals surface area contributed by atoms with Gasteiger partial charge in [0.15, 0.2) is 0 Å². The third-order valence-electron chi connectivity index (χ3n) is 5.46. The summed E-state index contributed by atoms with van der Waals surface area (Å²) in [5.74, 6) is 2.74. The largest absolute Gasteiger partial charge is 0.315 e. The molecule has 3 atom stereocenters. The van der Waals surface area contributed by atoms with Crippen LogP contribution < -0.4 is 5.32 Å². The van der Waals surface area contributed by atoms with E-state index in [4.69, 9.17) is 0 Å². The maximum atomic E-state index is 3.58. The number of nitrogens with one attached hydrogen (secondary N) is 1. The Bertz CT molecular complexity index is 243. The molecule has 0 aromatic heterocycles. The highest BCUT2D eigenvalue weighted by Gasteiger charge is 2.35. The first kappa shape index (κ1) is 14.3. The zero-order valence-corrected chi connectivity index (χ0v) is 12.8. The summed E-state index contributed by atoms with van der Waals surface area (Å²) in [6.07, 6.45) is 7.01. The molecule has 0 amide bonds. The molecule has 1 heterocycles. The highest BCUT2D eigenvalue weighted by molar-refractivity contribution is 4.92. The lowest BCUT2D eigenvalue weighted by Gasteiger charge is -2.46. The van der Waals surface area contributed by atoms with Gasteiger partial charge in [-0.1, -0.05) is 20.8 Å². The van der Waals surface area contributed by atoms with Crippen LogP contribution in [0.5, 0.6) is 0 Å². The summed E-state index contributed by atoms with van der Waals surface area (Å²) in [4.78, 5) is 2.79. The minimum atomic E-state index is 0.730. The van der Waals surface area contributed by atoms with Crippen LogP contribution >= 0.6 is 0 Å². The van der Waals surface area contributed by atoms with Crippen molar-refractivity contribution in [1.29, 1.82) is 0 Å². The number of hydrogen-bond donors (Lipinski definition) is 1. The molecule has 0 aromatic carbocycles. The molecule has 2 fully saturated rings. The van der Waals surface area contributed by atoms with Crippen molar-refractivity contribution in [1.82, 2.24) is 10.2 Å². The van der Waals surface area contributed by atoms with E-state index in [9.17, 15) is 0 Å².